The van der Waals surface area contributed by atoms with E-state index < -0.39 is 10.2 Å². The van der Waals surface area contributed by atoms with E-state index >= 15 is 0 Å². The van der Waals surface area contributed by atoms with E-state index in [1.165, 1.54) is 0 Å². The molecule has 0 aromatic rings. The highest BCUT2D eigenvalue weighted by molar-refractivity contribution is 7.86. The molecule has 2 heterocycles. The minimum absolute atomic E-state index is 0.0722. The van der Waals surface area contributed by atoms with Gasteiger partial charge < -0.3 is 5.73 Å². The molecule has 0 radical (unpaired) electrons. The number of piperidine rings is 1. The summed E-state index contributed by atoms with van der Waals surface area (Å²) in [4.78, 5) is 11.0. The molecular formula is C13H25N3O3S. The third kappa shape index (κ3) is 3.93. The van der Waals surface area contributed by atoms with Gasteiger partial charge in [0.2, 0.25) is 5.91 Å². The van der Waals surface area contributed by atoms with E-state index in [1.54, 1.807) is 8.61 Å². The van der Waals surface area contributed by atoms with Crippen LogP contribution in [0.15, 0.2) is 0 Å². The number of amides is 1. The quantitative estimate of drug-likeness (QED) is 0.829. The summed E-state index contributed by atoms with van der Waals surface area (Å²) >= 11 is 0. The van der Waals surface area contributed by atoms with Crippen LogP contribution in [0, 0.1) is 5.92 Å². The Morgan fingerprint density at radius 2 is 1.60 bits per heavy atom. The third-order valence-corrected chi connectivity index (χ3v) is 6.19. The second kappa shape index (κ2) is 6.87. The summed E-state index contributed by atoms with van der Waals surface area (Å²) in [6.45, 7) is 2.24. The van der Waals surface area contributed by atoms with Gasteiger partial charge in [-0.1, -0.05) is 12.8 Å². The fraction of sp³-hybridized carbons (Fsp3) is 0.923. The van der Waals surface area contributed by atoms with E-state index in [4.69, 9.17) is 5.73 Å². The summed E-state index contributed by atoms with van der Waals surface area (Å²) < 4.78 is 28.5. The third-order valence-electron chi connectivity index (χ3n) is 4.19. The normalized spacial score (nSPS) is 27.1. The molecule has 1 amide bonds. The number of nitrogens with two attached hydrogens (primary N) is 1. The first-order valence-electron chi connectivity index (χ1n) is 7.53. The number of hydrogen-bond acceptors (Lipinski definition) is 3. The number of carbonyl (C=O) groups excluding carboxylic acids is 1. The van der Waals surface area contributed by atoms with Gasteiger partial charge in [0.25, 0.3) is 10.2 Å². The van der Waals surface area contributed by atoms with E-state index in [2.05, 4.69) is 0 Å². The number of hydrogen-bond donors (Lipinski definition) is 1. The van der Waals surface area contributed by atoms with Crippen LogP contribution in [-0.2, 0) is 15.0 Å². The van der Waals surface area contributed by atoms with Gasteiger partial charge in [-0.25, -0.2) is 0 Å². The number of rotatable bonds is 4. The van der Waals surface area contributed by atoms with Gasteiger partial charge in [-0.15, -0.1) is 0 Å². The van der Waals surface area contributed by atoms with Crippen LogP contribution in [0.25, 0.3) is 0 Å². The van der Waals surface area contributed by atoms with Crippen LogP contribution >= 0.6 is 0 Å². The Bertz CT molecular complexity index is 430. The standard InChI is InChI=1S/C13H25N3O3S/c14-13(17)10-12-6-5-9-16(11-12)20(18,19)15-7-3-1-2-4-8-15/h12H,1-11H2,(H2,14,17). The summed E-state index contributed by atoms with van der Waals surface area (Å²) in [5, 5.41) is 0. The average Bonchev–Trinajstić information content (AvgIpc) is 2.67. The van der Waals surface area contributed by atoms with Gasteiger partial charge >= 0.3 is 0 Å². The molecule has 116 valence electrons. The van der Waals surface area contributed by atoms with Crippen molar-refractivity contribution < 1.29 is 13.2 Å². The van der Waals surface area contributed by atoms with E-state index in [1.807, 2.05) is 0 Å². The Balaban J connectivity index is 2.02. The maximum atomic E-state index is 12.7. The van der Waals surface area contributed by atoms with Gasteiger partial charge in [-0.3, -0.25) is 4.79 Å². The summed E-state index contributed by atoms with van der Waals surface area (Å²) in [7, 11) is -3.36. The first-order valence-corrected chi connectivity index (χ1v) is 8.93. The van der Waals surface area contributed by atoms with Crippen LogP contribution in [0.4, 0.5) is 0 Å². The highest BCUT2D eigenvalue weighted by Crippen LogP contribution is 2.24. The fourth-order valence-electron chi connectivity index (χ4n) is 3.12. The molecular weight excluding hydrogens is 278 g/mol. The van der Waals surface area contributed by atoms with E-state index in [-0.39, 0.29) is 18.2 Å². The van der Waals surface area contributed by atoms with Gasteiger partial charge in [-0.2, -0.15) is 17.0 Å². The van der Waals surface area contributed by atoms with Crippen molar-refractivity contribution in [2.75, 3.05) is 26.2 Å². The van der Waals surface area contributed by atoms with Gasteiger partial charge in [0, 0.05) is 32.6 Å². The van der Waals surface area contributed by atoms with Gasteiger partial charge in [0.1, 0.15) is 0 Å². The lowest BCUT2D eigenvalue weighted by Crippen LogP contribution is -2.48. The number of primary amides is 1. The van der Waals surface area contributed by atoms with Crippen molar-refractivity contribution in [3.8, 4) is 0 Å². The molecule has 1 unspecified atom stereocenters. The molecule has 0 bridgehead atoms. The molecule has 2 aliphatic heterocycles. The fourth-order valence-corrected chi connectivity index (χ4v) is 4.93. The molecule has 2 aliphatic rings. The number of nitrogens with zero attached hydrogens (tertiary/aromatic N) is 2. The lowest BCUT2D eigenvalue weighted by molar-refractivity contribution is -0.119. The molecule has 2 N–H and O–H groups in total. The van der Waals surface area contributed by atoms with E-state index in [0.717, 1.165) is 38.5 Å². The molecule has 20 heavy (non-hydrogen) atoms. The summed E-state index contributed by atoms with van der Waals surface area (Å²) in [5.74, 6) is -0.271. The predicted molar refractivity (Wildman–Crippen MR) is 77.1 cm³/mol. The van der Waals surface area contributed by atoms with Crippen LogP contribution in [0.5, 0.6) is 0 Å². The van der Waals surface area contributed by atoms with Crippen molar-refractivity contribution >= 4 is 16.1 Å². The van der Waals surface area contributed by atoms with Gasteiger partial charge in [0.05, 0.1) is 0 Å². The summed E-state index contributed by atoms with van der Waals surface area (Å²) in [6, 6.07) is 0. The van der Waals surface area contributed by atoms with Crippen LogP contribution in [-0.4, -0.2) is 49.1 Å². The SMILES string of the molecule is NC(=O)CC1CCCN(S(=O)(=O)N2CCCCCC2)C1. The zero-order chi connectivity index (χ0) is 14.6. The molecule has 0 aliphatic carbocycles. The predicted octanol–water partition coefficient (Wildman–Crippen LogP) is 0.695. The van der Waals surface area contributed by atoms with Crippen molar-refractivity contribution in [2.24, 2.45) is 11.7 Å². The Morgan fingerprint density at radius 3 is 2.20 bits per heavy atom. The van der Waals surface area contributed by atoms with Crippen LogP contribution < -0.4 is 5.73 Å². The maximum absolute atomic E-state index is 12.7. The van der Waals surface area contributed by atoms with E-state index in [0.29, 0.717) is 26.2 Å². The highest BCUT2D eigenvalue weighted by atomic mass is 32.2. The Labute approximate surface area is 121 Å². The molecule has 6 nitrogen and oxygen atoms in total. The Kier molecular flexibility index (Phi) is 5.40. The van der Waals surface area contributed by atoms with Crippen molar-refractivity contribution in [2.45, 2.75) is 44.9 Å². The lowest BCUT2D eigenvalue weighted by Gasteiger charge is -2.35. The smallest absolute Gasteiger partial charge is 0.281 e. The molecule has 2 saturated heterocycles. The Morgan fingerprint density at radius 1 is 1.00 bits per heavy atom. The zero-order valence-corrected chi connectivity index (χ0v) is 12.8. The molecule has 2 rings (SSSR count). The summed E-state index contributed by atoms with van der Waals surface area (Å²) in [5.41, 5.74) is 5.22. The molecule has 0 spiro atoms. The van der Waals surface area contributed by atoms with Gasteiger partial charge in [-0.05, 0) is 31.6 Å². The van der Waals surface area contributed by atoms with Gasteiger partial charge in [0.15, 0.2) is 0 Å². The Hall–Kier alpha value is -0.660. The zero-order valence-electron chi connectivity index (χ0n) is 12.0. The molecule has 0 aromatic heterocycles. The summed E-state index contributed by atoms with van der Waals surface area (Å²) in [6.07, 6.45) is 6.08. The second-order valence-electron chi connectivity index (χ2n) is 5.86. The van der Waals surface area contributed by atoms with E-state index in [9.17, 15) is 13.2 Å². The van der Waals surface area contributed by atoms with Crippen molar-refractivity contribution in [3.63, 3.8) is 0 Å². The molecule has 0 aromatic carbocycles. The van der Waals surface area contributed by atoms with Crippen molar-refractivity contribution in [1.29, 1.82) is 0 Å². The maximum Gasteiger partial charge on any atom is 0.281 e. The molecule has 1 atom stereocenters. The molecule has 7 heteroatoms. The highest BCUT2D eigenvalue weighted by Gasteiger charge is 2.34. The first-order chi connectivity index (χ1) is 9.50. The average molecular weight is 303 g/mol. The van der Waals surface area contributed by atoms with Crippen molar-refractivity contribution in [1.82, 2.24) is 8.61 Å². The molecule has 2 fully saturated rings. The van der Waals surface area contributed by atoms with Crippen molar-refractivity contribution in [3.05, 3.63) is 0 Å². The number of carbonyl (C=O) groups is 1. The lowest BCUT2D eigenvalue weighted by atomic mass is 9.96. The first kappa shape index (κ1) is 15.7. The van der Waals surface area contributed by atoms with Crippen LogP contribution in [0.3, 0.4) is 0 Å². The second-order valence-corrected chi connectivity index (χ2v) is 7.79. The minimum Gasteiger partial charge on any atom is -0.370 e. The largest absolute Gasteiger partial charge is 0.370 e. The van der Waals surface area contributed by atoms with Crippen LogP contribution in [0.1, 0.15) is 44.9 Å². The van der Waals surface area contributed by atoms with Crippen LogP contribution in [0.2, 0.25) is 0 Å². The monoisotopic (exact) mass is 303 g/mol. The topological polar surface area (TPSA) is 83.7 Å². The minimum atomic E-state index is -3.36. The molecule has 0 saturated carbocycles.